The SMILES string of the molecule is O=C(N[C@H]1CCCc2occc21)c1ccc(S(=O)(=O)Nc2ccncc2)cc1. The number of hydrogen-bond donors (Lipinski definition) is 2. The summed E-state index contributed by atoms with van der Waals surface area (Å²) < 4.78 is 32.9. The molecule has 1 amide bonds. The maximum Gasteiger partial charge on any atom is 0.261 e. The first-order valence-corrected chi connectivity index (χ1v) is 10.4. The van der Waals surface area contributed by atoms with Gasteiger partial charge in [0.2, 0.25) is 0 Å². The number of carbonyl (C=O) groups is 1. The molecule has 0 spiro atoms. The second-order valence-electron chi connectivity index (χ2n) is 6.58. The number of nitrogens with zero attached hydrogens (tertiary/aromatic N) is 1. The number of hydrogen-bond acceptors (Lipinski definition) is 5. The Labute approximate surface area is 162 Å². The number of furan rings is 1. The van der Waals surface area contributed by atoms with Crippen LogP contribution in [0.2, 0.25) is 0 Å². The Hall–Kier alpha value is -3.13. The Bertz CT molecular complexity index is 1080. The van der Waals surface area contributed by atoms with Gasteiger partial charge in [0.1, 0.15) is 5.76 Å². The summed E-state index contributed by atoms with van der Waals surface area (Å²) in [4.78, 5) is 16.5. The second-order valence-corrected chi connectivity index (χ2v) is 8.27. The Morgan fingerprint density at radius 3 is 2.57 bits per heavy atom. The average Bonchev–Trinajstić information content (AvgIpc) is 3.18. The van der Waals surface area contributed by atoms with Crippen molar-refractivity contribution in [3.05, 3.63) is 78.0 Å². The molecule has 7 nitrogen and oxygen atoms in total. The van der Waals surface area contributed by atoms with Gasteiger partial charge in [-0.05, 0) is 55.3 Å². The molecule has 0 bridgehead atoms. The molecule has 8 heteroatoms. The van der Waals surface area contributed by atoms with Crippen molar-refractivity contribution in [3.8, 4) is 0 Å². The molecule has 3 aromatic rings. The zero-order chi connectivity index (χ0) is 19.6. The third kappa shape index (κ3) is 3.77. The van der Waals surface area contributed by atoms with Crippen molar-refractivity contribution in [2.24, 2.45) is 0 Å². The molecule has 2 heterocycles. The molecule has 0 saturated carbocycles. The largest absolute Gasteiger partial charge is 0.469 e. The Morgan fingerprint density at radius 2 is 1.82 bits per heavy atom. The number of rotatable bonds is 5. The van der Waals surface area contributed by atoms with Crippen LogP contribution in [-0.4, -0.2) is 19.3 Å². The molecular weight excluding hydrogens is 378 g/mol. The standard InChI is InChI=1S/C20H19N3O4S/c24-20(22-18-2-1-3-19-17(18)10-13-27-19)14-4-6-16(7-5-14)28(25,26)23-15-8-11-21-12-9-15/h4-13,18H,1-3H2,(H,21,23)(H,22,24)/t18-/m0/s1. The summed E-state index contributed by atoms with van der Waals surface area (Å²) in [5.41, 5.74) is 1.84. The molecule has 144 valence electrons. The lowest BCUT2D eigenvalue weighted by atomic mass is 9.93. The van der Waals surface area contributed by atoms with Crippen LogP contribution in [0.5, 0.6) is 0 Å². The summed E-state index contributed by atoms with van der Waals surface area (Å²) in [6, 6.07) is 10.8. The first kappa shape index (κ1) is 18.2. The van der Waals surface area contributed by atoms with E-state index in [1.54, 1.807) is 18.4 Å². The summed E-state index contributed by atoms with van der Waals surface area (Å²) in [5.74, 6) is 0.672. The van der Waals surface area contributed by atoms with Gasteiger partial charge in [0.15, 0.2) is 0 Å². The van der Waals surface area contributed by atoms with E-state index in [1.165, 1.54) is 36.7 Å². The van der Waals surface area contributed by atoms with Crippen molar-refractivity contribution in [2.45, 2.75) is 30.2 Å². The van der Waals surface area contributed by atoms with Gasteiger partial charge >= 0.3 is 0 Å². The van der Waals surface area contributed by atoms with Crippen molar-refractivity contribution in [1.29, 1.82) is 0 Å². The van der Waals surface area contributed by atoms with Gasteiger partial charge in [-0.15, -0.1) is 0 Å². The van der Waals surface area contributed by atoms with Crippen molar-refractivity contribution < 1.29 is 17.6 Å². The maximum atomic E-state index is 12.6. The molecule has 2 aromatic heterocycles. The fourth-order valence-electron chi connectivity index (χ4n) is 3.30. The van der Waals surface area contributed by atoms with Crippen molar-refractivity contribution in [3.63, 3.8) is 0 Å². The fourth-order valence-corrected chi connectivity index (χ4v) is 4.36. The van der Waals surface area contributed by atoms with Crippen LogP contribution in [0.15, 0.2) is 70.4 Å². The van der Waals surface area contributed by atoms with Gasteiger partial charge in [-0.3, -0.25) is 14.5 Å². The topological polar surface area (TPSA) is 101 Å². The van der Waals surface area contributed by atoms with E-state index in [9.17, 15) is 13.2 Å². The number of fused-ring (bicyclic) bond motifs is 1. The van der Waals surface area contributed by atoms with Gasteiger partial charge in [-0.25, -0.2) is 8.42 Å². The zero-order valence-electron chi connectivity index (χ0n) is 15.0. The van der Waals surface area contributed by atoms with Gasteiger partial charge in [0.25, 0.3) is 15.9 Å². The van der Waals surface area contributed by atoms with Crippen LogP contribution >= 0.6 is 0 Å². The van der Waals surface area contributed by atoms with E-state index >= 15 is 0 Å². The number of amides is 1. The smallest absolute Gasteiger partial charge is 0.261 e. The lowest BCUT2D eigenvalue weighted by molar-refractivity contribution is 0.0932. The summed E-state index contributed by atoms with van der Waals surface area (Å²) in [6.45, 7) is 0. The number of aryl methyl sites for hydroxylation is 1. The van der Waals surface area contributed by atoms with E-state index in [1.807, 2.05) is 6.07 Å². The molecule has 1 aromatic carbocycles. The minimum absolute atomic E-state index is 0.0793. The van der Waals surface area contributed by atoms with E-state index in [0.29, 0.717) is 11.3 Å². The molecule has 2 N–H and O–H groups in total. The van der Waals surface area contributed by atoms with Crippen LogP contribution in [0.1, 0.15) is 40.6 Å². The van der Waals surface area contributed by atoms with Crippen LogP contribution in [0.3, 0.4) is 0 Å². The number of pyridine rings is 1. The molecule has 0 aliphatic heterocycles. The highest BCUT2D eigenvalue weighted by Crippen LogP contribution is 2.30. The van der Waals surface area contributed by atoms with Crippen LogP contribution < -0.4 is 10.0 Å². The zero-order valence-corrected chi connectivity index (χ0v) is 15.8. The summed E-state index contributed by atoms with van der Waals surface area (Å²) in [6.07, 6.45) is 7.32. The highest BCUT2D eigenvalue weighted by Gasteiger charge is 2.24. The second kappa shape index (κ2) is 7.47. The third-order valence-corrected chi connectivity index (χ3v) is 6.11. The van der Waals surface area contributed by atoms with Crippen LogP contribution in [-0.2, 0) is 16.4 Å². The first-order valence-electron chi connectivity index (χ1n) is 8.93. The van der Waals surface area contributed by atoms with Gasteiger partial charge in [-0.1, -0.05) is 0 Å². The third-order valence-electron chi connectivity index (χ3n) is 4.72. The monoisotopic (exact) mass is 397 g/mol. The minimum atomic E-state index is -3.74. The van der Waals surface area contributed by atoms with E-state index < -0.39 is 10.0 Å². The van der Waals surface area contributed by atoms with Crippen molar-refractivity contribution in [1.82, 2.24) is 10.3 Å². The number of carbonyl (C=O) groups excluding carboxylic acids is 1. The van der Waals surface area contributed by atoms with Crippen LogP contribution in [0.25, 0.3) is 0 Å². The average molecular weight is 397 g/mol. The van der Waals surface area contributed by atoms with E-state index in [0.717, 1.165) is 30.6 Å². The van der Waals surface area contributed by atoms with Crippen molar-refractivity contribution in [2.75, 3.05) is 4.72 Å². The first-order chi connectivity index (χ1) is 13.5. The predicted octanol–water partition coefficient (Wildman–Crippen LogP) is 3.28. The van der Waals surface area contributed by atoms with E-state index in [4.69, 9.17) is 4.42 Å². The highest BCUT2D eigenvalue weighted by atomic mass is 32.2. The maximum absolute atomic E-state index is 12.6. The summed E-state index contributed by atoms with van der Waals surface area (Å²) in [7, 11) is -3.74. The molecule has 0 unspecified atom stereocenters. The number of anilines is 1. The molecule has 0 radical (unpaired) electrons. The number of sulfonamides is 1. The predicted molar refractivity (Wildman–Crippen MR) is 103 cm³/mol. The van der Waals surface area contributed by atoms with Gasteiger partial charge < -0.3 is 9.73 Å². The molecule has 4 rings (SSSR count). The molecule has 1 aliphatic rings. The summed E-state index contributed by atoms with van der Waals surface area (Å²) >= 11 is 0. The minimum Gasteiger partial charge on any atom is -0.469 e. The lowest BCUT2D eigenvalue weighted by Gasteiger charge is -2.22. The van der Waals surface area contributed by atoms with E-state index in [2.05, 4.69) is 15.0 Å². The quantitative estimate of drug-likeness (QED) is 0.688. The molecular formula is C20H19N3O4S. The Morgan fingerprint density at radius 1 is 1.07 bits per heavy atom. The molecule has 0 fully saturated rings. The number of benzene rings is 1. The number of nitrogens with one attached hydrogen (secondary N) is 2. The fraction of sp³-hybridized carbons (Fsp3) is 0.200. The normalized spacial score (nSPS) is 16.2. The van der Waals surface area contributed by atoms with E-state index in [-0.39, 0.29) is 16.8 Å². The summed E-state index contributed by atoms with van der Waals surface area (Å²) in [5, 5.41) is 3.00. The lowest BCUT2D eigenvalue weighted by Crippen LogP contribution is -2.30. The number of aromatic nitrogens is 1. The molecule has 28 heavy (non-hydrogen) atoms. The Kier molecular flexibility index (Phi) is 4.87. The van der Waals surface area contributed by atoms with Crippen molar-refractivity contribution >= 4 is 21.6 Å². The molecule has 0 saturated heterocycles. The van der Waals surface area contributed by atoms with Crippen LogP contribution in [0, 0.1) is 0 Å². The van der Waals surface area contributed by atoms with Gasteiger partial charge in [0.05, 0.1) is 22.9 Å². The highest BCUT2D eigenvalue weighted by molar-refractivity contribution is 7.92. The van der Waals surface area contributed by atoms with Gasteiger partial charge in [-0.2, -0.15) is 0 Å². The molecule has 1 aliphatic carbocycles. The Balaban J connectivity index is 1.47. The van der Waals surface area contributed by atoms with Gasteiger partial charge in [0, 0.05) is 29.9 Å². The molecule has 1 atom stereocenters. The van der Waals surface area contributed by atoms with Crippen LogP contribution in [0.4, 0.5) is 5.69 Å².